The third-order valence-corrected chi connectivity index (χ3v) is 4.76. The van der Waals surface area contributed by atoms with E-state index in [1.807, 2.05) is 30.3 Å². The minimum absolute atomic E-state index is 0.0295. The quantitative estimate of drug-likeness (QED) is 0.791. The highest BCUT2D eigenvalue weighted by atomic mass is 16.3. The van der Waals surface area contributed by atoms with Crippen molar-refractivity contribution in [2.24, 2.45) is 0 Å². The first-order chi connectivity index (χ1) is 12.7. The molecule has 3 rings (SSSR count). The number of hydrogen-bond acceptors (Lipinski definition) is 3. The van der Waals surface area contributed by atoms with Crippen molar-refractivity contribution < 1.29 is 9.90 Å². The summed E-state index contributed by atoms with van der Waals surface area (Å²) in [7, 11) is 0. The van der Waals surface area contributed by atoms with E-state index in [-0.39, 0.29) is 12.6 Å². The van der Waals surface area contributed by atoms with Crippen LogP contribution < -0.4 is 10.2 Å². The van der Waals surface area contributed by atoms with Crippen molar-refractivity contribution >= 4 is 23.1 Å². The van der Waals surface area contributed by atoms with Gasteiger partial charge in [0, 0.05) is 25.3 Å². The maximum Gasteiger partial charge on any atom is 0.321 e. The van der Waals surface area contributed by atoms with Gasteiger partial charge in [-0.3, -0.25) is 0 Å². The lowest BCUT2D eigenvalue weighted by Crippen LogP contribution is -2.38. The Hall–Kier alpha value is -2.53. The van der Waals surface area contributed by atoms with E-state index in [1.54, 1.807) is 4.90 Å². The number of benzene rings is 2. The average molecular weight is 353 g/mol. The van der Waals surface area contributed by atoms with Crippen molar-refractivity contribution in [2.75, 3.05) is 36.5 Å². The van der Waals surface area contributed by atoms with Crippen LogP contribution in [0.3, 0.4) is 0 Å². The summed E-state index contributed by atoms with van der Waals surface area (Å²) in [6.07, 6.45) is 2.94. The van der Waals surface area contributed by atoms with Crippen LogP contribution in [-0.2, 0) is 6.42 Å². The molecule has 2 aromatic rings. The van der Waals surface area contributed by atoms with Gasteiger partial charge >= 0.3 is 6.03 Å². The summed E-state index contributed by atoms with van der Waals surface area (Å²) < 4.78 is 0. The molecule has 0 bridgehead atoms. The number of para-hydroxylation sites is 3. The zero-order valence-electron chi connectivity index (χ0n) is 15.3. The number of aliphatic hydroxyl groups is 1. The Morgan fingerprint density at radius 3 is 2.62 bits per heavy atom. The van der Waals surface area contributed by atoms with Crippen molar-refractivity contribution in [2.45, 2.75) is 26.2 Å². The van der Waals surface area contributed by atoms with Gasteiger partial charge in [0.05, 0.1) is 18.0 Å². The van der Waals surface area contributed by atoms with Gasteiger partial charge in [0.2, 0.25) is 0 Å². The minimum Gasteiger partial charge on any atom is -0.395 e. The Morgan fingerprint density at radius 1 is 1.12 bits per heavy atom. The molecule has 2 amide bonds. The van der Waals surface area contributed by atoms with Gasteiger partial charge < -0.3 is 20.2 Å². The van der Waals surface area contributed by atoms with E-state index in [4.69, 9.17) is 0 Å². The zero-order valence-corrected chi connectivity index (χ0v) is 15.3. The molecule has 2 N–H and O–H groups in total. The first-order valence-electron chi connectivity index (χ1n) is 9.36. The fraction of sp³-hybridized carbons (Fsp3) is 0.381. The van der Waals surface area contributed by atoms with E-state index in [1.165, 1.54) is 11.3 Å². The molecule has 0 aliphatic carbocycles. The Bertz CT molecular complexity index is 748. The second-order valence-corrected chi connectivity index (χ2v) is 6.54. The number of nitrogens with zero attached hydrogens (tertiary/aromatic N) is 2. The number of nitrogens with one attached hydrogen (secondary N) is 1. The number of urea groups is 1. The summed E-state index contributed by atoms with van der Waals surface area (Å²) in [5, 5.41) is 12.3. The number of fused-ring (bicyclic) bond motifs is 1. The number of anilines is 3. The Balaban J connectivity index is 1.81. The van der Waals surface area contributed by atoms with Gasteiger partial charge in [-0.1, -0.05) is 43.7 Å². The molecule has 1 aliphatic rings. The van der Waals surface area contributed by atoms with Crippen LogP contribution in [0.1, 0.15) is 25.3 Å². The molecule has 1 aliphatic heterocycles. The summed E-state index contributed by atoms with van der Waals surface area (Å²) in [6.45, 7) is 3.97. The number of carbonyl (C=O) groups is 1. The molecule has 0 saturated heterocycles. The number of rotatable bonds is 7. The van der Waals surface area contributed by atoms with Gasteiger partial charge in [-0.2, -0.15) is 0 Å². The SMILES string of the molecule is CCCCN(CCO)C(=O)Nc1ccccc1N1CCc2ccccc21. The maximum atomic E-state index is 12.7. The van der Waals surface area contributed by atoms with Crippen LogP contribution in [0.5, 0.6) is 0 Å². The molecule has 0 radical (unpaired) electrons. The van der Waals surface area contributed by atoms with Crippen molar-refractivity contribution in [3.8, 4) is 0 Å². The fourth-order valence-electron chi connectivity index (χ4n) is 3.38. The van der Waals surface area contributed by atoms with Gasteiger partial charge in [-0.25, -0.2) is 4.79 Å². The number of amides is 2. The van der Waals surface area contributed by atoms with E-state index in [2.05, 4.69) is 35.3 Å². The van der Waals surface area contributed by atoms with Crippen LogP contribution in [-0.4, -0.2) is 42.3 Å². The summed E-state index contributed by atoms with van der Waals surface area (Å²) >= 11 is 0. The molecular formula is C21H27N3O2. The lowest BCUT2D eigenvalue weighted by molar-refractivity contribution is 0.187. The molecule has 5 heteroatoms. The van der Waals surface area contributed by atoms with E-state index in [0.29, 0.717) is 13.1 Å². The highest BCUT2D eigenvalue weighted by Crippen LogP contribution is 2.38. The average Bonchev–Trinajstić information content (AvgIpc) is 3.09. The number of aliphatic hydroxyl groups excluding tert-OH is 1. The standard InChI is InChI=1S/C21H27N3O2/c1-2-3-13-23(15-16-25)21(26)22-18-9-5-7-11-20(18)24-14-12-17-8-4-6-10-19(17)24/h4-11,25H,2-3,12-16H2,1H3,(H,22,26). The molecule has 0 saturated carbocycles. The molecule has 26 heavy (non-hydrogen) atoms. The first-order valence-corrected chi connectivity index (χ1v) is 9.36. The molecule has 1 heterocycles. The summed E-state index contributed by atoms with van der Waals surface area (Å²) in [5.41, 5.74) is 4.34. The van der Waals surface area contributed by atoms with Crippen LogP contribution >= 0.6 is 0 Å². The predicted octanol–water partition coefficient (Wildman–Crippen LogP) is 4.01. The molecule has 0 atom stereocenters. The lowest BCUT2D eigenvalue weighted by atomic mass is 10.2. The predicted molar refractivity (Wildman–Crippen MR) is 106 cm³/mol. The second kappa shape index (κ2) is 8.72. The van der Waals surface area contributed by atoms with E-state index in [0.717, 1.165) is 37.2 Å². The van der Waals surface area contributed by atoms with Gasteiger partial charge in [-0.05, 0) is 36.6 Å². The van der Waals surface area contributed by atoms with Crippen LogP contribution in [0.2, 0.25) is 0 Å². The van der Waals surface area contributed by atoms with Crippen molar-refractivity contribution in [3.63, 3.8) is 0 Å². The van der Waals surface area contributed by atoms with Crippen LogP contribution in [0.15, 0.2) is 48.5 Å². The Kier molecular flexibility index (Phi) is 6.12. The summed E-state index contributed by atoms with van der Waals surface area (Å²) in [5.74, 6) is 0. The third-order valence-electron chi connectivity index (χ3n) is 4.76. The highest BCUT2D eigenvalue weighted by molar-refractivity contribution is 5.94. The molecular weight excluding hydrogens is 326 g/mol. The molecule has 0 aromatic heterocycles. The molecule has 0 fully saturated rings. The largest absolute Gasteiger partial charge is 0.395 e. The zero-order chi connectivity index (χ0) is 18.4. The third kappa shape index (κ3) is 3.99. The fourth-order valence-corrected chi connectivity index (χ4v) is 3.38. The summed E-state index contributed by atoms with van der Waals surface area (Å²) in [4.78, 5) is 16.6. The number of carbonyl (C=O) groups excluding carboxylic acids is 1. The van der Waals surface area contributed by atoms with Crippen LogP contribution in [0.4, 0.5) is 21.9 Å². The van der Waals surface area contributed by atoms with E-state index < -0.39 is 0 Å². The number of hydrogen-bond donors (Lipinski definition) is 2. The smallest absolute Gasteiger partial charge is 0.321 e. The topological polar surface area (TPSA) is 55.8 Å². The maximum absolute atomic E-state index is 12.7. The van der Waals surface area contributed by atoms with Crippen LogP contribution in [0.25, 0.3) is 0 Å². The highest BCUT2D eigenvalue weighted by Gasteiger charge is 2.23. The van der Waals surface area contributed by atoms with Gasteiger partial charge in [0.15, 0.2) is 0 Å². The van der Waals surface area contributed by atoms with Crippen molar-refractivity contribution in [1.29, 1.82) is 0 Å². The summed E-state index contributed by atoms with van der Waals surface area (Å²) in [6, 6.07) is 16.1. The number of unbranched alkanes of at least 4 members (excludes halogenated alkanes) is 1. The van der Waals surface area contributed by atoms with Crippen molar-refractivity contribution in [1.82, 2.24) is 4.90 Å². The van der Waals surface area contributed by atoms with Crippen LogP contribution in [0, 0.1) is 0 Å². The lowest BCUT2D eigenvalue weighted by Gasteiger charge is -2.26. The van der Waals surface area contributed by atoms with E-state index >= 15 is 0 Å². The second-order valence-electron chi connectivity index (χ2n) is 6.54. The molecule has 5 nitrogen and oxygen atoms in total. The first kappa shape index (κ1) is 18.3. The Morgan fingerprint density at radius 2 is 1.85 bits per heavy atom. The minimum atomic E-state index is -0.160. The normalized spacial score (nSPS) is 12.8. The Labute approximate surface area is 155 Å². The monoisotopic (exact) mass is 353 g/mol. The van der Waals surface area contributed by atoms with E-state index in [9.17, 15) is 9.90 Å². The van der Waals surface area contributed by atoms with Gasteiger partial charge in [-0.15, -0.1) is 0 Å². The molecule has 0 unspecified atom stereocenters. The van der Waals surface area contributed by atoms with Gasteiger partial charge in [0.1, 0.15) is 0 Å². The van der Waals surface area contributed by atoms with Crippen molar-refractivity contribution in [3.05, 3.63) is 54.1 Å². The molecule has 138 valence electrons. The molecule has 0 spiro atoms. The van der Waals surface area contributed by atoms with Gasteiger partial charge in [0.25, 0.3) is 0 Å². The molecule has 2 aromatic carbocycles.